The largest absolute Gasteiger partial charge is 0.489 e. The molecule has 0 unspecified atom stereocenters. The van der Waals surface area contributed by atoms with Crippen molar-refractivity contribution in [2.24, 2.45) is 0 Å². The van der Waals surface area contributed by atoms with Gasteiger partial charge in [-0.3, -0.25) is 4.79 Å². The number of hydrogen-bond donors (Lipinski definition) is 0. The minimum Gasteiger partial charge on any atom is -0.489 e. The van der Waals surface area contributed by atoms with Gasteiger partial charge in [-0.1, -0.05) is 127 Å². The molecule has 2 aliphatic rings. The third kappa shape index (κ3) is 10.6. The SMILES string of the molecule is CO[C@@H]1O[C@H](Cn2cc(COc3cc(OCc4ccccc4)cc4oc(-c5ccc(OCc6ccccc6)c(OCc6ccccc6)c5)c(OCc5ccccc5)c(=O)c34)nn2)[C@H]2OC(C)(C)O[C@@H]12. The molecular weight excluding hydrogens is 879 g/mol. The topological polar surface area (TPSA) is 144 Å². The normalized spacial score (nSPS) is 18.2. The van der Waals surface area contributed by atoms with Crippen molar-refractivity contribution in [1.29, 1.82) is 0 Å². The smallest absolute Gasteiger partial charge is 0.239 e. The molecule has 14 heteroatoms. The maximum Gasteiger partial charge on any atom is 0.239 e. The lowest BCUT2D eigenvalue weighted by Gasteiger charge is -2.23. The molecule has 69 heavy (non-hydrogen) atoms. The number of methoxy groups -OCH3 is 1. The quantitative estimate of drug-likeness (QED) is 0.0760. The van der Waals surface area contributed by atoms with E-state index in [2.05, 4.69) is 10.3 Å². The van der Waals surface area contributed by atoms with Crippen LogP contribution in [0.3, 0.4) is 0 Å². The van der Waals surface area contributed by atoms with Crippen LogP contribution in [-0.4, -0.2) is 52.5 Å². The van der Waals surface area contributed by atoms with Crippen molar-refractivity contribution in [1.82, 2.24) is 15.0 Å². The molecule has 14 nitrogen and oxygen atoms in total. The molecule has 0 bridgehead atoms. The van der Waals surface area contributed by atoms with E-state index >= 15 is 4.79 Å². The summed E-state index contributed by atoms with van der Waals surface area (Å²) >= 11 is 0. The summed E-state index contributed by atoms with van der Waals surface area (Å²) in [5, 5.41) is 8.91. The molecule has 8 aromatic rings. The molecule has 0 spiro atoms. The number of aromatic nitrogens is 3. The van der Waals surface area contributed by atoms with Crippen LogP contribution in [-0.2, 0) is 58.5 Å². The van der Waals surface area contributed by atoms with Crippen LogP contribution in [0, 0.1) is 0 Å². The van der Waals surface area contributed by atoms with Crippen molar-refractivity contribution in [2.45, 2.75) is 83.8 Å². The first-order valence-electron chi connectivity index (χ1n) is 22.8. The van der Waals surface area contributed by atoms with Gasteiger partial charge in [0.1, 0.15) is 79.5 Å². The van der Waals surface area contributed by atoms with E-state index in [9.17, 15) is 0 Å². The Morgan fingerprint density at radius 3 is 1.80 bits per heavy atom. The van der Waals surface area contributed by atoms with Crippen LogP contribution in [0.5, 0.6) is 28.7 Å². The van der Waals surface area contributed by atoms with Gasteiger partial charge < -0.3 is 47.0 Å². The zero-order valence-electron chi connectivity index (χ0n) is 38.4. The summed E-state index contributed by atoms with van der Waals surface area (Å²) in [4.78, 5) is 15.1. The van der Waals surface area contributed by atoms with Gasteiger partial charge in [0, 0.05) is 24.8 Å². The van der Waals surface area contributed by atoms with E-state index in [4.69, 9.17) is 47.0 Å². The Bertz CT molecular complexity index is 3040. The third-order valence-corrected chi connectivity index (χ3v) is 11.7. The average Bonchev–Trinajstić information content (AvgIpc) is 4.06. The van der Waals surface area contributed by atoms with E-state index in [-0.39, 0.29) is 66.9 Å². The standard InChI is InChI=1S/C55H51N3O11/c1-55(2)68-51-47(67-54(60-3)53(51)69-55)30-58-29-41(56-57-58)35-64-45-27-42(61-31-36-16-8-4-9-17-36)28-46-48(45)49(59)52(65-34-39-22-14-7-15-23-39)50(66-46)40-24-25-43(62-32-37-18-10-5-11-19-37)44(26-40)63-33-38-20-12-6-13-21-38/h4-29,47,51,53-54H,30-35H2,1-3H3/t47-,51-,53-,54-/m1/s1. The molecular formula is C55H51N3O11. The van der Waals surface area contributed by atoms with Gasteiger partial charge in [0.2, 0.25) is 11.2 Å². The highest BCUT2D eigenvalue weighted by Crippen LogP contribution is 2.42. The molecule has 2 aromatic heterocycles. The third-order valence-electron chi connectivity index (χ3n) is 11.7. The summed E-state index contributed by atoms with van der Waals surface area (Å²) in [6.45, 7) is 4.94. The zero-order chi connectivity index (χ0) is 47.2. The van der Waals surface area contributed by atoms with E-state index in [0.717, 1.165) is 22.3 Å². The van der Waals surface area contributed by atoms with Crippen molar-refractivity contribution in [2.75, 3.05) is 7.11 Å². The van der Waals surface area contributed by atoms with Crippen LogP contribution in [0.1, 0.15) is 41.8 Å². The van der Waals surface area contributed by atoms with Crippen LogP contribution in [0.2, 0.25) is 0 Å². The first-order valence-corrected chi connectivity index (χ1v) is 22.8. The Morgan fingerprint density at radius 2 is 1.17 bits per heavy atom. The van der Waals surface area contributed by atoms with E-state index in [1.54, 1.807) is 36.2 Å². The van der Waals surface area contributed by atoms with Crippen molar-refractivity contribution in [3.8, 4) is 40.1 Å². The highest BCUT2D eigenvalue weighted by atomic mass is 16.8. The van der Waals surface area contributed by atoms with Gasteiger partial charge in [-0.05, 0) is 54.3 Å². The Labute approximate surface area is 398 Å². The minimum atomic E-state index is -0.778. The van der Waals surface area contributed by atoms with Gasteiger partial charge in [0.05, 0.1) is 12.7 Å². The highest BCUT2D eigenvalue weighted by Gasteiger charge is 2.55. The molecule has 0 saturated carbocycles. The van der Waals surface area contributed by atoms with Gasteiger partial charge in [0.25, 0.3) is 0 Å². The molecule has 0 N–H and O–H groups in total. The number of rotatable bonds is 19. The van der Waals surface area contributed by atoms with Crippen molar-refractivity contribution >= 4 is 11.0 Å². The van der Waals surface area contributed by atoms with Crippen LogP contribution in [0.4, 0.5) is 0 Å². The second-order valence-electron chi connectivity index (χ2n) is 17.2. The summed E-state index contributed by atoms with van der Waals surface area (Å²) in [5.41, 5.74) is 4.56. The van der Waals surface area contributed by atoms with E-state index < -0.39 is 23.6 Å². The van der Waals surface area contributed by atoms with Crippen molar-refractivity contribution < 1.29 is 47.0 Å². The summed E-state index contributed by atoms with van der Waals surface area (Å²) in [6.07, 6.45) is 0.0302. The Morgan fingerprint density at radius 1 is 0.609 bits per heavy atom. The fourth-order valence-corrected chi connectivity index (χ4v) is 8.39. The van der Waals surface area contributed by atoms with Gasteiger partial charge in [-0.25, -0.2) is 4.68 Å². The predicted molar refractivity (Wildman–Crippen MR) is 255 cm³/mol. The van der Waals surface area contributed by atoms with Crippen LogP contribution < -0.4 is 29.1 Å². The molecule has 10 rings (SSSR count). The zero-order valence-corrected chi connectivity index (χ0v) is 38.4. The van der Waals surface area contributed by atoms with Crippen molar-refractivity contribution in [3.63, 3.8) is 0 Å². The van der Waals surface area contributed by atoms with E-state index in [1.807, 2.05) is 147 Å². The lowest BCUT2D eigenvalue weighted by Crippen LogP contribution is -2.33. The Balaban J connectivity index is 1.01. The Kier molecular flexibility index (Phi) is 13.4. The molecule has 2 aliphatic heterocycles. The lowest BCUT2D eigenvalue weighted by atomic mass is 10.1. The summed E-state index contributed by atoms with van der Waals surface area (Å²) < 4.78 is 64.5. The molecule has 0 radical (unpaired) electrons. The van der Waals surface area contributed by atoms with E-state index in [0.29, 0.717) is 41.7 Å². The second kappa shape index (κ2) is 20.4. The van der Waals surface area contributed by atoms with Crippen LogP contribution >= 0.6 is 0 Å². The molecule has 6 aromatic carbocycles. The Hall–Kier alpha value is -7.49. The van der Waals surface area contributed by atoms with Gasteiger partial charge in [-0.2, -0.15) is 0 Å². The number of hydrogen-bond acceptors (Lipinski definition) is 13. The fourth-order valence-electron chi connectivity index (χ4n) is 8.39. The summed E-state index contributed by atoms with van der Waals surface area (Å²) in [7, 11) is 1.58. The number of ether oxygens (including phenoxy) is 9. The molecule has 4 heterocycles. The van der Waals surface area contributed by atoms with E-state index in [1.165, 1.54) is 0 Å². The minimum absolute atomic E-state index is 0.0161. The second-order valence-corrected chi connectivity index (χ2v) is 17.2. The van der Waals surface area contributed by atoms with Gasteiger partial charge >= 0.3 is 0 Å². The van der Waals surface area contributed by atoms with Crippen molar-refractivity contribution in [3.05, 3.63) is 196 Å². The first-order chi connectivity index (χ1) is 33.7. The molecule has 0 aliphatic carbocycles. The monoisotopic (exact) mass is 929 g/mol. The van der Waals surface area contributed by atoms with Crippen LogP contribution in [0.15, 0.2) is 167 Å². The number of nitrogens with zero attached hydrogens (tertiary/aromatic N) is 3. The van der Waals surface area contributed by atoms with Gasteiger partial charge in [-0.15, -0.1) is 5.10 Å². The average molecular weight is 930 g/mol. The fraction of sp³-hybridized carbons (Fsp3) is 0.255. The molecule has 2 fully saturated rings. The molecule has 2 saturated heterocycles. The first kappa shape index (κ1) is 45.3. The summed E-state index contributed by atoms with van der Waals surface area (Å²) in [6, 6.07) is 47.9. The highest BCUT2D eigenvalue weighted by molar-refractivity contribution is 5.89. The lowest BCUT2D eigenvalue weighted by molar-refractivity contribution is -0.228. The number of benzene rings is 6. The molecule has 4 atom stereocenters. The summed E-state index contributed by atoms with van der Waals surface area (Å²) in [5.74, 6) is 0.973. The molecule has 352 valence electrons. The number of fused-ring (bicyclic) bond motifs is 2. The maximum absolute atomic E-state index is 15.1. The predicted octanol–water partition coefficient (Wildman–Crippen LogP) is 9.84. The molecule has 0 amide bonds. The van der Waals surface area contributed by atoms with Crippen LogP contribution in [0.25, 0.3) is 22.3 Å². The maximum atomic E-state index is 15.1. The van der Waals surface area contributed by atoms with Gasteiger partial charge in [0.15, 0.2) is 29.3 Å².